The van der Waals surface area contributed by atoms with Gasteiger partial charge in [-0.2, -0.15) is 4.98 Å². The van der Waals surface area contributed by atoms with E-state index in [2.05, 4.69) is 25.3 Å². The van der Waals surface area contributed by atoms with Crippen LogP contribution in [0.2, 0.25) is 0 Å². The van der Waals surface area contributed by atoms with Crippen LogP contribution in [0.15, 0.2) is 24.8 Å². The van der Waals surface area contributed by atoms with Gasteiger partial charge in [0, 0.05) is 25.5 Å². The first-order valence-electron chi connectivity index (χ1n) is 10.7. The topological polar surface area (TPSA) is 138 Å². The molecular weight excluding hydrogens is 428 g/mol. The summed E-state index contributed by atoms with van der Waals surface area (Å²) in [4.78, 5) is 45.2. The molecule has 0 bridgehead atoms. The molecule has 174 valence electrons. The second-order valence-electron chi connectivity index (χ2n) is 7.99. The summed E-state index contributed by atoms with van der Waals surface area (Å²) >= 11 is 0. The molecule has 1 aliphatic rings. The van der Waals surface area contributed by atoms with E-state index in [1.54, 1.807) is 23.0 Å². The summed E-state index contributed by atoms with van der Waals surface area (Å²) in [6.07, 6.45) is 5.50. The molecule has 2 atom stereocenters. The molecule has 2 amide bonds. The van der Waals surface area contributed by atoms with Gasteiger partial charge >= 0.3 is 6.09 Å². The molecule has 0 aliphatic carbocycles. The van der Waals surface area contributed by atoms with Gasteiger partial charge in [-0.05, 0) is 27.7 Å². The number of carbonyl (C=O) groups is 2. The number of carbonyl (C=O) groups excluding carboxylic acids is 1. The van der Waals surface area contributed by atoms with Gasteiger partial charge in [-0.15, -0.1) is 0 Å². The van der Waals surface area contributed by atoms with E-state index in [0.717, 1.165) is 5.69 Å². The van der Waals surface area contributed by atoms with Crippen LogP contribution in [0.4, 0.5) is 16.4 Å². The number of imidazole rings is 1. The molecule has 3 aromatic rings. The van der Waals surface area contributed by atoms with Gasteiger partial charge in [-0.1, -0.05) is 0 Å². The number of carboxylic acid groups (broad SMARTS) is 1. The van der Waals surface area contributed by atoms with Gasteiger partial charge < -0.3 is 20.1 Å². The Kier molecular flexibility index (Phi) is 5.99. The summed E-state index contributed by atoms with van der Waals surface area (Å²) in [6.45, 7) is 8.74. The predicted octanol–water partition coefficient (Wildman–Crippen LogP) is 2.06. The van der Waals surface area contributed by atoms with Crippen molar-refractivity contribution in [3.63, 3.8) is 0 Å². The normalized spacial score (nSPS) is 18.4. The van der Waals surface area contributed by atoms with Crippen molar-refractivity contribution in [3.8, 4) is 5.88 Å². The highest BCUT2D eigenvalue weighted by atomic mass is 16.5. The Morgan fingerprint density at radius 3 is 2.48 bits per heavy atom. The van der Waals surface area contributed by atoms with Gasteiger partial charge in [0.1, 0.15) is 11.4 Å². The second-order valence-corrected chi connectivity index (χ2v) is 7.99. The Hall–Kier alpha value is -3.96. The van der Waals surface area contributed by atoms with Gasteiger partial charge in [-0.25, -0.2) is 19.7 Å². The Balaban J connectivity index is 1.50. The van der Waals surface area contributed by atoms with Crippen molar-refractivity contribution >= 4 is 29.4 Å². The Bertz CT molecular complexity index is 1170. The summed E-state index contributed by atoms with van der Waals surface area (Å²) in [5.74, 6) is 1.10. The first-order valence-corrected chi connectivity index (χ1v) is 10.7. The standard InChI is InChI=1S/C21H26N8O4/c1-5-33-19-15(11-28-8-12(2)24-20(28)26-19)18(30)25-16-6-23-17(7-22-16)27-9-13(3)29(21(31)32)14(4)10-27/h6-8,11,13-14H,5,9-10H2,1-4H3,(H,31,32)(H,22,25,30)/t13-,14+. The van der Waals surface area contributed by atoms with Crippen molar-refractivity contribution < 1.29 is 19.4 Å². The average molecular weight is 454 g/mol. The second kappa shape index (κ2) is 8.88. The molecule has 0 saturated carbocycles. The van der Waals surface area contributed by atoms with Crippen LogP contribution in [-0.4, -0.2) is 78.1 Å². The highest BCUT2D eigenvalue weighted by molar-refractivity contribution is 6.05. The minimum atomic E-state index is -0.927. The predicted molar refractivity (Wildman–Crippen MR) is 120 cm³/mol. The maximum atomic E-state index is 12.9. The zero-order chi connectivity index (χ0) is 23.7. The lowest BCUT2D eigenvalue weighted by Crippen LogP contribution is -2.58. The maximum Gasteiger partial charge on any atom is 0.407 e. The van der Waals surface area contributed by atoms with E-state index >= 15 is 0 Å². The van der Waals surface area contributed by atoms with Gasteiger partial charge in [0.2, 0.25) is 11.7 Å². The molecule has 1 fully saturated rings. The van der Waals surface area contributed by atoms with Gasteiger partial charge in [0.15, 0.2) is 5.82 Å². The highest BCUT2D eigenvalue weighted by Gasteiger charge is 2.33. The van der Waals surface area contributed by atoms with Crippen molar-refractivity contribution in [1.82, 2.24) is 29.2 Å². The van der Waals surface area contributed by atoms with E-state index < -0.39 is 12.0 Å². The van der Waals surface area contributed by atoms with Gasteiger partial charge in [-0.3, -0.25) is 14.1 Å². The summed E-state index contributed by atoms with van der Waals surface area (Å²) in [5.41, 5.74) is 1.02. The molecule has 33 heavy (non-hydrogen) atoms. The number of nitrogens with one attached hydrogen (secondary N) is 1. The minimum absolute atomic E-state index is 0.182. The quantitative estimate of drug-likeness (QED) is 0.593. The molecule has 0 unspecified atom stereocenters. The Morgan fingerprint density at radius 1 is 1.15 bits per heavy atom. The van der Waals surface area contributed by atoms with Crippen LogP contribution in [0, 0.1) is 6.92 Å². The number of hydrogen-bond donors (Lipinski definition) is 2. The van der Waals surface area contributed by atoms with Gasteiger partial charge in [0.25, 0.3) is 5.91 Å². The maximum absolute atomic E-state index is 12.9. The summed E-state index contributed by atoms with van der Waals surface area (Å²) in [6, 6.07) is -0.364. The van der Waals surface area contributed by atoms with Crippen molar-refractivity contribution in [1.29, 1.82) is 0 Å². The van der Waals surface area contributed by atoms with Gasteiger partial charge in [0.05, 0.1) is 36.8 Å². The van der Waals surface area contributed by atoms with Crippen LogP contribution < -0.4 is 15.0 Å². The van der Waals surface area contributed by atoms with E-state index in [9.17, 15) is 14.7 Å². The van der Waals surface area contributed by atoms with Crippen LogP contribution in [0.5, 0.6) is 5.88 Å². The molecule has 1 saturated heterocycles. The van der Waals surface area contributed by atoms with Crippen molar-refractivity contribution in [2.24, 2.45) is 0 Å². The molecule has 3 aromatic heterocycles. The van der Waals surface area contributed by atoms with E-state index in [0.29, 0.717) is 31.3 Å². The number of piperazine rings is 1. The van der Waals surface area contributed by atoms with E-state index in [1.165, 1.54) is 11.1 Å². The van der Waals surface area contributed by atoms with Crippen LogP contribution >= 0.6 is 0 Å². The van der Waals surface area contributed by atoms with Crippen molar-refractivity contribution in [3.05, 3.63) is 36.0 Å². The average Bonchev–Trinajstić information content (AvgIpc) is 3.12. The number of hydrogen-bond acceptors (Lipinski definition) is 8. The zero-order valence-electron chi connectivity index (χ0n) is 18.9. The fraction of sp³-hybridized carbons (Fsp3) is 0.429. The molecule has 0 radical (unpaired) electrons. The zero-order valence-corrected chi connectivity index (χ0v) is 18.9. The number of anilines is 2. The largest absolute Gasteiger partial charge is 0.477 e. The minimum Gasteiger partial charge on any atom is -0.477 e. The summed E-state index contributed by atoms with van der Waals surface area (Å²) in [5, 5.41) is 12.1. The summed E-state index contributed by atoms with van der Waals surface area (Å²) in [7, 11) is 0. The van der Waals surface area contributed by atoms with Crippen LogP contribution in [-0.2, 0) is 0 Å². The molecule has 2 N–H and O–H groups in total. The number of rotatable bonds is 5. The third kappa shape index (κ3) is 4.49. The van der Waals surface area contributed by atoms with Crippen LogP contribution in [0.1, 0.15) is 36.8 Å². The molecule has 4 rings (SSSR count). The fourth-order valence-electron chi connectivity index (χ4n) is 4.05. The number of amides is 2. The molecular formula is C21H26N8O4. The Morgan fingerprint density at radius 2 is 1.88 bits per heavy atom. The van der Waals surface area contributed by atoms with Crippen LogP contribution in [0.3, 0.4) is 0 Å². The SMILES string of the molecule is CCOc1nc2nc(C)cn2cc1C(=O)Nc1cnc(N2C[C@@H](C)N(C(=O)O)[C@@H](C)C2)cn1. The first-order chi connectivity index (χ1) is 15.8. The number of nitrogens with zero attached hydrogens (tertiary/aromatic N) is 7. The number of aryl methyl sites for hydroxylation is 1. The molecule has 12 nitrogen and oxygen atoms in total. The van der Waals surface area contributed by atoms with E-state index in [1.807, 2.05) is 32.6 Å². The lowest BCUT2D eigenvalue weighted by molar-refractivity contribution is 0.0979. The lowest BCUT2D eigenvalue weighted by Gasteiger charge is -2.43. The highest BCUT2D eigenvalue weighted by Crippen LogP contribution is 2.22. The third-order valence-electron chi connectivity index (χ3n) is 5.40. The van der Waals surface area contributed by atoms with Crippen LogP contribution in [0.25, 0.3) is 5.78 Å². The smallest absolute Gasteiger partial charge is 0.407 e. The van der Waals surface area contributed by atoms with E-state index in [-0.39, 0.29) is 29.3 Å². The lowest BCUT2D eigenvalue weighted by atomic mass is 10.1. The first kappa shape index (κ1) is 22.2. The third-order valence-corrected chi connectivity index (χ3v) is 5.40. The number of aromatic nitrogens is 5. The molecule has 1 aliphatic heterocycles. The molecule has 4 heterocycles. The number of ether oxygens (including phenoxy) is 1. The summed E-state index contributed by atoms with van der Waals surface area (Å²) < 4.78 is 7.21. The van der Waals surface area contributed by atoms with Crippen molar-refractivity contribution in [2.75, 3.05) is 29.9 Å². The van der Waals surface area contributed by atoms with E-state index in [4.69, 9.17) is 4.74 Å². The fourth-order valence-corrected chi connectivity index (χ4v) is 4.05. The molecule has 0 aromatic carbocycles. The molecule has 0 spiro atoms. The number of fused-ring (bicyclic) bond motifs is 1. The van der Waals surface area contributed by atoms with Crippen molar-refractivity contribution in [2.45, 2.75) is 39.8 Å². The molecule has 12 heteroatoms. The Labute approximate surface area is 190 Å². The monoisotopic (exact) mass is 454 g/mol.